The molecule has 7 heteroatoms. The van der Waals surface area contributed by atoms with Crippen molar-refractivity contribution >= 4 is 5.96 Å². The SMILES string of the molecule is CN=C(NCC(C)Oc1ccccc1F)NCC(C(C)C)N1CCN(C)CC1. The molecular weight excluding hydrogens is 357 g/mol. The number of hydrogen-bond acceptors (Lipinski definition) is 4. The van der Waals surface area contributed by atoms with Gasteiger partial charge in [0, 0.05) is 45.8 Å². The summed E-state index contributed by atoms with van der Waals surface area (Å²) >= 11 is 0. The molecule has 0 radical (unpaired) electrons. The van der Waals surface area contributed by atoms with Crippen molar-refractivity contribution in [3.8, 4) is 5.75 Å². The van der Waals surface area contributed by atoms with Crippen LogP contribution in [-0.2, 0) is 0 Å². The maximum atomic E-state index is 13.7. The number of guanidine groups is 1. The fourth-order valence-corrected chi connectivity index (χ4v) is 3.40. The standard InChI is InChI=1S/C21H36FN5O/c1-16(2)19(27-12-10-26(5)11-13-27)15-25-21(23-4)24-14-17(3)28-20-9-7-6-8-18(20)22/h6-9,16-17,19H,10-15H2,1-5H3,(H2,23,24,25). The highest BCUT2D eigenvalue weighted by Gasteiger charge is 2.25. The molecule has 2 N–H and O–H groups in total. The van der Waals surface area contributed by atoms with Gasteiger partial charge >= 0.3 is 0 Å². The van der Waals surface area contributed by atoms with E-state index in [1.807, 2.05) is 6.92 Å². The molecule has 1 aliphatic heterocycles. The average Bonchev–Trinajstić information content (AvgIpc) is 2.67. The minimum atomic E-state index is -0.344. The van der Waals surface area contributed by atoms with Gasteiger partial charge in [0.1, 0.15) is 6.10 Å². The number of aliphatic imine (C=N–C) groups is 1. The van der Waals surface area contributed by atoms with Crippen LogP contribution in [0.25, 0.3) is 0 Å². The largest absolute Gasteiger partial charge is 0.486 e. The molecule has 0 aliphatic carbocycles. The number of benzene rings is 1. The lowest BCUT2D eigenvalue weighted by molar-refractivity contribution is 0.0899. The number of likely N-dealkylation sites (N-methyl/N-ethyl adjacent to an activating group) is 1. The molecule has 1 aromatic rings. The zero-order chi connectivity index (χ0) is 20.5. The predicted molar refractivity (Wildman–Crippen MR) is 114 cm³/mol. The predicted octanol–water partition coefficient (Wildman–Crippen LogP) is 2.03. The molecular formula is C21H36FN5O. The van der Waals surface area contributed by atoms with E-state index in [4.69, 9.17) is 4.74 Å². The average molecular weight is 394 g/mol. The first-order valence-electron chi connectivity index (χ1n) is 10.2. The van der Waals surface area contributed by atoms with E-state index in [-0.39, 0.29) is 17.7 Å². The first kappa shape index (κ1) is 22.4. The molecule has 1 saturated heterocycles. The van der Waals surface area contributed by atoms with Crippen LogP contribution in [0.15, 0.2) is 29.3 Å². The van der Waals surface area contributed by atoms with Gasteiger partial charge in [-0.2, -0.15) is 0 Å². The van der Waals surface area contributed by atoms with Crippen LogP contribution in [0.5, 0.6) is 5.75 Å². The molecule has 0 aromatic heterocycles. The van der Waals surface area contributed by atoms with E-state index < -0.39 is 0 Å². The third kappa shape index (κ3) is 6.95. The zero-order valence-electron chi connectivity index (χ0n) is 17.9. The number of hydrogen-bond donors (Lipinski definition) is 2. The molecule has 0 saturated carbocycles. The van der Waals surface area contributed by atoms with Gasteiger partial charge in [-0.3, -0.25) is 9.89 Å². The van der Waals surface area contributed by atoms with Crippen LogP contribution < -0.4 is 15.4 Å². The molecule has 6 nitrogen and oxygen atoms in total. The Balaban J connectivity index is 1.80. The summed E-state index contributed by atoms with van der Waals surface area (Å²) in [7, 11) is 3.94. The maximum Gasteiger partial charge on any atom is 0.191 e. The van der Waals surface area contributed by atoms with Crippen LogP contribution in [0.4, 0.5) is 4.39 Å². The summed E-state index contributed by atoms with van der Waals surface area (Å²) in [5.74, 6) is 1.22. The highest BCUT2D eigenvalue weighted by Crippen LogP contribution is 2.16. The smallest absolute Gasteiger partial charge is 0.191 e. The monoisotopic (exact) mass is 393 g/mol. The summed E-state index contributed by atoms with van der Waals surface area (Å²) in [6.07, 6.45) is -0.186. The second-order valence-corrected chi connectivity index (χ2v) is 7.84. The third-order valence-corrected chi connectivity index (χ3v) is 5.20. The quantitative estimate of drug-likeness (QED) is 0.523. The molecule has 1 heterocycles. The second-order valence-electron chi connectivity index (χ2n) is 7.84. The van der Waals surface area contributed by atoms with Crippen molar-refractivity contribution in [3.05, 3.63) is 30.1 Å². The lowest BCUT2D eigenvalue weighted by Crippen LogP contribution is -2.55. The van der Waals surface area contributed by atoms with Crippen LogP contribution in [0.1, 0.15) is 20.8 Å². The van der Waals surface area contributed by atoms with Crippen molar-refractivity contribution in [1.29, 1.82) is 0 Å². The van der Waals surface area contributed by atoms with Crippen LogP contribution in [-0.4, -0.2) is 81.3 Å². The Morgan fingerprint density at radius 1 is 1.11 bits per heavy atom. The number of rotatable bonds is 8. The Kier molecular flexibility index (Phi) is 8.99. The number of para-hydroxylation sites is 1. The fraction of sp³-hybridized carbons (Fsp3) is 0.667. The van der Waals surface area contributed by atoms with Gasteiger partial charge in [0.15, 0.2) is 17.5 Å². The Hall–Kier alpha value is -1.86. The van der Waals surface area contributed by atoms with Crippen molar-refractivity contribution in [2.45, 2.75) is 32.9 Å². The Labute approximate surface area is 169 Å². The fourth-order valence-electron chi connectivity index (χ4n) is 3.40. The van der Waals surface area contributed by atoms with Gasteiger partial charge in [0.05, 0.1) is 6.54 Å². The Morgan fingerprint density at radius 2 is 1.75 bits per heavy atom. The Bertz CT molecular complexity index is 617. The van der Waals surface area contributed by atoms with Crippen LogP contribution >= 0.6 is 0 Å². The molecule has 1 fully saturated rings. The van der Waals surface area contributed by atoms with Crippen molar-refractivity contribution < 1.29 is 9.13 Å². The van der Waals surface area contributed by atoms with E-state index in [0.29, 0.717) is 18.5 Å². The number of piperazine rings is 1. The summed E-state index contributed by atoms with van der Waals surface area (Å²) < 4.78 is 19.4. The van der Waals surface area contributed by atoms with Gasteiger partial charge in [-0.1, -0.05) is 26.0 Å². The van der Waals surface area contributed by atoms with Gasteiger partial charge in [0.25, 0.3) is 0 Å². The van der Waals surface area contributed by atoms with Crippen LogP contribution in [0.2, 0.25) is 0 Å². The molecule has 1 aromatic carbocycles. The first-order chi connectivity index (χ1) is 13.4. The molecule has 2 unspecified atom stereocenters. The van der Waals surface area contributed by atoms with Crippen molar-refractivity contribution in [3.63, 3.8) is 0 Å². The van der Waals surface area contributed by atoms with E-state index in [1.165, 1.54) is 6.07 Å². The maximum absolute atomic E-state index is 13.7. The molecule has 2 rings (SSSR count). The summed E-state index contributed by atoms with van der Waals surface area (Å²) in [6, 6.07) is 6.92. The highest BCUT2D eigenvalue weighted by atomic mass is 19.1. The summed E-state index contributed by atoms with van der Waals surface area (Å²) in [5, 5.41) is 6.72. The molecule has 0 spiro atoms. The van der Waals surface area contributed by atoms with Gasteiger partial charge in [-0.25, -0.2) is 4.39 Å². The summed E-state index contributed by atoms with van der Waals surface area (Å²) in [4.78, 5) is 9.25. The van der Waals surface area contributed by atoms with Gasteiger partial charge in [0.2, 0.25) is 0 Å². The number of halogens is 1. The topological polar surface area (TPSA) is 52.1 Å². The number of nitrogens with zero attached hydrogens (tertiary/aromatic N) is 3. The lowest BCUT2D eigenvalue weighted by Gasteiger charge is -2.40. The Morgan fingerprint density at radius 3 is 2.36 bits per heavy atom. The second kappa shape index (κ2) is 11.2. The molecule has 0 bridgehead atoms. The van der Waals surface area contributed by atoms with E-state index in [2.05, 4.69) is 46.3 Å². The summed E-state index contributed by atoms with van der Waals surface area (Å²) in [6.45, 7) is 12.2. The van der Waals surface area contributed by atoms with Gasteiger partial charge in [-0.15, -0.1) is 0 Å². The third-order valence-electron chi connectivity index (χ3n) is 5.20. The molecule has 158 valence electrons. The number of nitrogens with one attached hydrogen (secondary N) is 2. The first-order valence-corrected chi connectivity index (χ1v) is 10.2. The summed E-state index contributed by atoms with van der Waals surface area (Å²) in [5.41, 5.74) is 0. The van der Waals surface area contributed by atoms with E-state index >= 15 is 0 Å². The van der Waals surface area contributed by atoms with Crippen molar-refractivity contribution in [1.82, 2.24) is 20.4 Å². The normalized spacial score (nSPS) is 18.8. The van der Waals surface area contributed by atoms with Crippen LogP contribution in [0.3, 0.4) is 0 Å². The van der Waals surface area contributed by atoms with Crippen LogP contribution in [0, 0.1) is 11.7 Å². The minimum absolute atomic E-state index is 0.186. The molecule has 1 aliphatic rings. The van der Waals surface area contributed by atoms with Crippen molar-refractivity contribution in [2.24, 2.45) is 10.9 Å². The molecule has 0 amide bonds. The van der Waals surface area contributed by atoms with E-state index in [1.54, 1.807) is 25.2 Å². The van der Waals surface area contributed by atoms with Gasteiger partial charge < -0.3 is 20.3 Å². The highest BCUT2D eigenvalue weighted by molar-refractivity contribution is 5.79. The van der Waals surface area contributed by atoms with E-state index in [0.717, 1.165) is 38.7 Å². The van der Waals surface area contributed by atoms with Gasteiger partial charge in [-0.05, 0) is 32.0 Å². The van der Waals surface area contributed by atoms with Crippen molar-refractivity contribution in [2.75, 3.05) is 53.4 Å². The number of ether oxygens (including phenoxy) is 1. The van der Waals surface area contributed by atoms with E-state index in [9.17, 15) is 4.39 Å². The minimum Gasteiger partial charge on any atom is -0.486 e. The zero-order valence-corrected chi connectivity index (χ0v) is 17.9. The molecule has 2 atom stereocenters. The molecule has 28 heavy (non-hydrogen) atoms. The lowest BCUT2D eigenvalue weighted by atomic mass is 10.0.